The first-order valence-corrected chi connectivity index (χ1v) is 6.57. The number of nitrogens with zero attached hydrogens (tertiary/aromatic N) is 1. The zero-order valence-electron chi connectivity index (χ0n) is 11.9. The lowest BCUT2D eigenvalue weighted by molar-refractivity contribution is -0.145. The maximum atomic E-state index is 11.3. The first-order valence-electron chi connectivity index (χ1n) is 6.57. The molecular formula is C13H28N2O2. The van der Waals surface area contributed by atoms with Crippen LogP contribution in [0, 0.1) is 0 Å². The molecule has 17 heavy (non-hydrogen) atoms. The van der Waals surface area contributed by atoms with Crippen LogP contribution >= 0.6 is 0 Å². The summed E-state index contributed by atoms with van der Waals surface area (Å²) >= 11 is 0. The molecule has 0 saturated heterocycles. The Labute approximate surface area is 105 Å². The molecule has 0 amide bonds. The predicted octanol–water partition coefficient (Wildman–Crippen LogP) is 1.95. The number of likely N-dealkylation sites (N-methyl/N-ethyl adjacent to an activating group) is 1. The maximum Gasteiger partial charge on any atom is 0.324 e. The zero-order valence-corrected chi connectivity index (χ0v) is 11.9. The van der Waals surface area contributed by atoms with E-state index in [1.165, 1.54) is 0 Å². The van der Waals surface area contributed by atoms with E-state index in [0.29, 0.717) is 12.6 Å². The SMILES string of the molecule is CCCCN(CC(C)(NC)C(=O)O)C(C)CC. The molecule has 0 heterocycles. The number of nitrogens with one attached hydrogen (secondary N) is 1. The van der Waals surface area contributed by atoms with Gasteiger partial charge in [-0.15, -0.1) is 0 Å². The molecule has 0 saturated carbocycles. The molecular weight excluding hydrogens is 216 g/mol. The van der Waals surface area contributed by atoms with Crippen molar-refractivity contribution in [1.82, 2.24) is 10.2 Å². The van der Waals surface area contributed by atoms with Crippen LogP contribution in [0.4, 0.5) is 0 Å². The van der Waals surface area contributed by atoms with Crippen LogP contribution in [-0.4, -0.2) is 47.7 Å². The number of hydrogen-bond acceptors (Lipinski definition) is 3. The lowest BCUT2D eigenvalue weighted by Gasteiger charge is -2.35. The molecule has 0 aliphatic heterocycles. The van der Waals surface area contributed by atoms with Crippen LogP contribution in [0.25, 0.3) is 0 Å². The lowest BCUT2D eigenvalue weighted by atomic mass is 10.0. The van der Waals surface area contributed by atoms with Crippen molar-refractivity contribution in [3.63, 3.8) is 0 Å². The Balaban J connectivity index is 4.64. The van der Waals surface area contributed by atoms with Gasteiger partial charge in [-0.25, -0.2) is 0 Å². The number of carboxylic acid groups (broad SMARTS) is 1. The van der Waals surface area contributed by atoms with Gasteiger partial charge in [0.25, 0.3) is 0 Å². The van der Waals surface area contributed by atoms with Crippen LogP contribution in [0.15, 0.2) is 0 Å². The van der Waals surface area contributed by atoms with Crippen molar-refractivity contribution in [1.29, 1.82) is 0 Å². The van der Waals surface area contributed by atoms with Gasteiger partial charge in [0, 0.05) is 12.6 Å². The number of carbonyl (C=O) groups is 1. The first-order chi connectivity index (χ1) is 7.91. The molecule has 4 heteroatoms. The molecule has 0 aromatic rings. The molecule has 2 atom stereocenters. The van der Waals surface area contributed by atoms with Gasteiger partial charge in [0.15, 0.2) is 0 Å². The van der Waals surface area contributed by atoms with Crippen LogP contribution in [-0.2, 0) is 4.79 Å². The van der Waals surface area contributed by atoms with Crippen molar-refractivity contribution in [2.24, 2.45) is 0 Å². The number of rotatable bonds is 9. The minimum atomic E-state index is -0.864. The summed E-state index contributed by atoms with van der Waals surface area (Å²) in [6, 6.07) is 0.425. The Morgan fingerprint density at radius 2 is 2.06 bits per heavy atom. The van der Waals surface area contributed by atoms with Gasteiger partial charge in [0.2, 0.25) is 0 Å². The Morgan fingerprint density at radius 3 is 2.41 bits per heavy atom. The average Bonchev–Trinajstić information content (AvgIpc) is 2.32. The Kier molecular flexibility index (Phi) is 7.39. The highest BCUT2D eigenvalue weighted by molar-refractivity contribution is 5.78. The van der Waals surface area contributed by atoms with E-state index in [-0.39, 0.29) is 0 Å². The largest absolute Gasteiger partial charge is 0.480 e. The van der Waals surface area contributed by atoms with Crippen molar-refractivity contribution >= 4 is 5.97 Å². The number of aliphatic carboxylic acids is 1. The molecule has 4 nitrogen and oxygen atoms in total. The van der Waals surface area contributed by atoms with E-state index in [1.807, 2.05) is 0 Å². The molecule has 0 aromatic carbocycles. The minimum absolute atomic E-state index is 0.425. The predicted molar refractivity (Wildman–Crippen MR) is 71.3 cm³/mol. The van der Waals surface area contributed by atoms with Gasteiger partial charge in [0.1, 0.15) is 5.54 Å². The van der Waals surface area contributed by atoms with Crippen LogP contribution in [0.3, 0.4) is 0 Å². The van der Waals surface area contributed by atoms with Gasteiger partial charge in [0.05, 0.1) is 0 Å². The summed E-state index contributed by atoms with van der Waals surface area (Å²) in [7, 11) is 1.71. The molecule has 0 radical (unpaired) electrons. The zero-order chi connectivity index (χ0) is 13.5. The third-order valence-corrected chi connectivity index (χ3v) is 3.56. The Bertz CT molecular complexity index is 233. The van der Waals surface area contributed by atoms with E-state index in [2.05, 4.69) is 31.0 Å². The highest BCUT2D eigenvalue weighted by atomic mass is 16.4. The standard InChI is InChI=1S/C13H28N2O2/c1-6-8-9-15(11(3)7-2)10-13(4,14-5)12(16)17/h11,14H,6-10H2,1-5H3,(H,16,17). The van der Waals surface area contributed by atoms with Gasteiger partial charge in [-0.05, 0) is 40.3 Å². The summed E-state index contributed by atoms with van der Waals surface area (Å²) in [5.41, 5.74) is -0.864. The molecule has 0 aliphatic rings. The van der Waals surface area contributed by atoms with E-state index in [9.17, 15) is 9.90 Å². The molecule has 0 bridgehead atoms. The van der Waals surface area contributed by atoms with E-state index in [0.717, 1.165) is 25.8 Å². The fourth-order valence-corrected chi connectivity index (χ4v) is 1.73. The summed E-state index contributed by atoms with van der Waals surface area (Å²) < 4.78 is 0. The fourth-order valence-electron chi connectivity index (χ4n) is 1.73. The van der Waals surface area contributed by atoms with Crippen molar-refractivity contribution in [3.05, 3.63) is 0 Å². The van der Waals surface area contributed by atoms with E-state index in [4.69, 9.17) is 0 Å². The second-order valence-electron chi connectivity index (χ2n) is 4.97. The van der Waals surface area contributed by atoms with Crippen molar-refractivity contribution < 1.29 is 9.90 Å². The molecule has 0 spiro atoms. The summed E-state index contributed by atoms with van der Waals surface area (Å²) in [5, 5.41) is 12.2. The average molecular weight is 244 g/mol. The number of unbranched alkanes of at least 4 members (excludes halogenated alkanes) is 1. The molecule has 0 aliphatic carbocycles. The maximum absolute atomic E-state index is 11.3. The topological polar surface area (TPSA) is 52.6 Å². The molecule has 0 fully saturated rings. The van der Waals surface area contributed by atoms with Crippen LogP contribution in [0.5, 0.6) is 0 Å². The highest BCUT2D eigenvalue weighted by Gasteiger charge is 2.34. The van der Waals surface area contributed by atoms with Crippen molar-refractivity contribution in [3.8, 4) is 0 Å². The molecule has 102 valence electrons. The van der Waals surface area contributed by atoms with Gasteiger partial charge < -0.3 is 10.4 Å². The number of hydrogen-bond donors (Lipinski definition) is 2. The molecule has 0 aromatic heterocycles. The second kappa shape index (κ2) is 7.67. The smallest absolute Gasteiger partial charge is 0.324 e. The monoisotopic (exact) mass is 244 g/mol. The molecule has 2 N–H and O–H groups in total. The first kappa shape index (κ1) is 16.4. The van der Waals surface area contributed by atoms with Gasteiger partial charge >= 0.3 is 5.97 Å². The summed E-state index contributed by atoms with van der Waals surface area (Å²) in [4.78, 5) is 13.6. The highest BCUT2D eigenvalue weighted by Crippen LogP contribution is 2.13. The molecule has 0 rings (SSSR count). The Morgan fingerprint density at radius 1 is 1.47 bits per heavy atom. The van der Waals surface area contributed by atoms with Crippen LogP contribution in [0.1, 0.15) is 47.0 Å². The van der Waals surface area contributed by atoms with E-state index in [1.54, 1.807) is 14.0 Å². The quantitative estimate of drug-likeness (QED) is 0.651. The van der Waals surface area contributed by atoms with E-state index >= 15 is 0 Å². The third-order valence-electron chi connectivity index (χ3n) is 3.56. The van der Waals surface area contributed by atoms with E-state index < -0.39 is 11.5 Å². The normalized spacial score (nSPS) is 16.8. The molecule has 2 unspecified atom stereocenters. The van der Waals surface area contributed by atoms with Gasteiger partial charge in [-0.1, -0.05) is 20.3 Å². The van der Waals surface area contributed by atoms with Gasteiger partial charge in [-0.3, -0.25) is 9.69 Å². The number of carboxylic acids is 1. The Hall–Kier alpha value is -0.610. The van der Waals surface area contributed by atoms with Crippen LogP contribution in [0.2, 0.25) is 0 Å². The van der Waals surface area contributed by atoms with Crippen molar-refractivity contribution in [2.45, 2.75) is 58.5 Å². The summed E-state index contributed by atoms with van der Waals surface area (Å²) in [5.74, 6) is -0.787. The second-order valence-corrected chi connectivity index (χ2v) is 4.97. The summed E-state index contributed by atoms with van der Waals surface area (Å²) in [6.45, 7) is 9.72. The fraction of sp³-hybridized carbons (Fsp3) is 0.923. The lowest BCUT2D eigenvalue weighted by Crippen LogP contribution is -2.57. The van der Waals surface area contributed by atoms with Crippen molar-refractivity contribution in [2.75, 3.05) is 20.1 Å². The van der Waals surface area contributed by atoms with Crippen LogP contribution < -0.4 is 5.32 Å². The third kappa shape index (κ3) is 5.04. The van der Waals surface area contributed by atoms with Gasteiger partial charge in [-0.2, -0.15) is 0 Å². The summed E-state index contributed by atoms with van der Waals surface area (Å²) in [6.07, 6.45) is 3.29. The minimum Gasteiger partial charge on any atom is -0.480 e.